The van der Waals surface area contributed by atoms with Gasteiger partial charge >= 0.3 is 0 Å². The van der Waals surface area contributed by atoms with Gasteiger partial charge in [-0.05, 0) is 19.9 Å². The number of alkyl halides is 2. The molecule has 0 aromatic carbocycles. The molecule has 1 atom stereocenters. The van der Waals surface area contributed by atoms with Crippen molar-refractivity contribution in [1.82, 2.24) is 5.32 Å². The van der Waals surface area contributed by atoms with Crippen LogP contribution in [-0.2, 0) is 0 Å². The predicted octanol–water partition coefficient (Wildman–Crippen LogP) is 2.42. The highest BCUT2D eigenvalue weighted by Gasteiger charge is 2.39. The monoisotopic (exact) mass is 177 g/mol. The first-order chi connectivity index (χ1) is 5.56. The molecule has 72 valence electrons. The molecule has 1 saturated carbocycles. The van der Waals surface area contributed by atoms with Gasteiger partial charge in [0.15, 0.2) is 0 Å². The van der Waals surface area contributed by atoms with Gasteiger partial charge in [0.25, 0.3) is 5.92 Å². The predicted molar refractivity (Wildman–Crippen MR) is 45.4 cm³/mol. The summed E-state index contributed by atoms with van der Waals surface area (Å²) in [7, 11) is 1.58. The molecular weight excluding hydrogens is 160 g/mol. The molecule has 1 aliphatic rings. The molecule has 3 heteroatoms. The molecule has 0 bridgehead atoms. The van der Waals surface area contributed by atoms with Gasteiger partial charge in [-0.3, -0.25) is 0 Å². The first kappa shape index (κ1) is 9.90. The van der Waals surface area contributed by atoms with E-state index < -0.39 is 12.0 Å². The van der Waals surface area contributed by atoms with E-state index in [0.717, 1.165) is 19.3 Å². The van der Waals surface area contributed by atoms with Crippen LogP contribution in [0.1, 0.15) is 32.6 Å². The number of hydrogen-bond acceptors (Lipinski definition) is 1. The lowest BCUT2D eigenvalue weighted by molar-refractivity contribution is -0.0590. The van der Waals surface area contributed by atoms with E-state index in [-0.39, 0.29) is 12.3 Å². The van der Waals surface area contributed by atoms with Crippen LogP contribution in [0.15, 0.2) is 0 Å². The average Bonchev–Trinajstić information content (AvgIpc) is 1.95. The van der Waals surface area contributed by atoms with Gasteiger partial charge in [-0.1, -0.05) is 19.3 Å². The van der Waals surface area contributed by atoms with Crippen LogP contribution >= 0.6 is 0 Å². The molecule has 0 saturated heterocycles. The van der Waals surface area contributed by atoms with Gasteiger partial charge in [0.05, 0.1) is 6.04 Å². The molecule has 0 radical (unpaired) electrons. The molecule has 0 amide bonds. The third kappa shape index (κ3) is 2.16. The fraction of sp³-hybridized carbons (Fsp3) is 1.00. The summed E-state index contributed by atoms with van der Waals surface area (Å²) in [5.74, 6) is -2.25. The van der Waals surface area contributed by atoms with E-state index in [0.29, 0.717) is 0 Å². The largest absolute Gasteiger partial charge is 0.312 e. The fourth-order valence-electron chi connectivity index (χ4n) is 1.47. The number of halogens is 2. The van der Waals surface area contributed by atoms with Crippen molar-refractivity contribution in [3.63, 3.8) is 0 Å². The van der Waals surface area contributed by atoms with Crippen molar-refractivity contribution >= 4 is 0 Å². The molecule has 0 aromatic heterocycles. The molecule has 1 N–H and O–H groups in total. The van der Waals surface area contributed by atoms with Crippen LogP contribution in [-0.4, -0.2) is 19.0 Å². The third-order valence-corrected chi connectivity index (χ3v) is 2.85. The topological polar surface area (TPSA) is 12.0 Å². The first-order valence-corrected chi connectivity index (χ1v) is 4.61. The molecule has 0 aromatic rings. The molecular formula is C9H17F2N. The Morgan fingerprint density at radius 1 is 1.50 bits per heavy atom. The highest BCUT2D eigenvalue weighted by Crippen LogP contribution is 2.37. The minimum absolute atomic E-state index is 0.0645. The number of rotatable bonds is 4. The smallest absolute Gasteiger partial charge is 0.263 e. The maximum atomic E-state index is 13.2. The van der Waals surface area contributed by atoms with Crippen LogP contribution in [0.5, 0.6) is 0 Å². The highest BCUT2D eigenvalue weighted by atomic mass is 19.3. The van der Waals surface area contributed by atoms with Crippen LogP contribution in [0.25, 0.3) is 0 Å². The molecule has 0 aliphatic heterocycles. The van der Waals surface area contributed by atoms with Crippen LogP contribution in [0, 0.1) is 5.92 Å². The van der Waals surface area contributed by atoms with Gasteiger partial charge in [0.2, 0.25) is 0 Å². The maximum absolute atomic E-state index is 13.2. The minimum atomic E-state index is -2.53. The quantitative estimate of drug-likeness (QED) is 0.695. The summed E-state index contributed by atoms with van der Waals surface area (Å²) in [5, 5.41) is 2.61. The second kappa shape index (κ2) is 3.69. The summed E-state index contributed by atoms with van der Waals surface area (Å²) in [5.41, 5.74) is 0. The summed E-state index contributed by atoms with van der Waals surface area (Å²) in [4.78, 5) is 0. The van der Waals surface area contributed by atoms with E-state index in [1.165, 1.54) is 0 Å². The third-order valence-electron chi connectivity index (χ3n) is 2.85. The average molecular weight is 177 g/mol. The van der Waals surface area contributed by atoms with E-state index in [1.54, 1.807) is 14.0 Å². The van der Waals surface area contributed by atoms with Gasteiger partial charge < -0.3 is 5.32 Å². The standard InChI is InChI=1S/C9H17F2N/c1-7(12-2)9(10,11)6-8-4-3-5-8/h7-8,12H,3-6H2,1-2H3. The Morgan fingerprint density at radius 2 is 2.08 bits per heavy atom. The fourth-order valence-corrected chi connectivity index (χ4v) is 1.47. The van der Waals surface area contributed by atoms with Gasteiger partial charge in [0, 0.05) is 6.42 Å². The zero-order valence-corrected chi connectivity index (χ0v) is 7.74. The summed E-state index contributed by atoms with van der Waals surface area (Å²) in [6.45, 7) is 1.54. The second-order valence-electron chi connectivity index (χ2n) is 3.77. The van der Waals surface area contributed by atoms with Crippen molar-refractivity contribution in [2.24, 2.45) is 5.92 Å². The molecule has 0 heterocycles. The lowest BCUT2D eigenvalue weighted by Gasteiger charge is -2.32. The zero-order valence-electron chi connectivity index (χ0n) is 7.74. The Bertz CT molecular complexity index is 143. The highest BCUT2D eigenvalue weighted by molar-refractivity contribution is 4.84. The summed E-state index contributed by atoms with van der Waals surface area (Å²) in [6, 6.07) is -0.696. The van der Waals surface area contributed by atoms with Crippen LogP contribution in [0.3, 0.4) is 0 Å². The Balaban J connectivity index is 2.35. The van der Waals surface area contributed by atoms with E-state index in [1.807, 2.05) is 0 Å². The molecule has 1 aliphatic carbocycles. The van der Waals surface area contributed by atoms with E-state index in [2.05, 4.69) is 5.32 Å². The van der Waals surface area contributed by atoms with Crippen molar-refractivity contribution in [2.75, 3.05) is 7.05 Å². The van der Waals surface area contributed by atoms with Crippen molar-refractivity contribution in [3.8, 4) is 0 Å². The van der Waals surface area contributed by atoms with Gasteiger partial charge in [0.1, 0.15) is 0 Å². The molecule has 1 fully saturated rings. The van der Waals surface area contributed by atoms with Crippen molar-refractivity contribution in [1.29, 1.82) is 0 Å². The lowest BCUT2D eigenvalue weighted by atomic mass is 9.80. The van der Waals surface area contributed by atoms with Crippen molar-refractivity contribution < 1.29 is 8.78 Å². The Hall–Kier alpha value is -0.180. The van der Waals surface area contributed by atoms with E-state index in [9.17, 15) is 8.78 Å². The van der Waals surface area contributed by atoms with Crippen LogP contribution in [0.2, 0.25) is 0 Å². The normalized spacial score (nSPS) is 22.0. The van der Waals surface area contributed by atoms with Gasteiger partial charge in [-0.2, -0.15) is 0 Å². The van der Waals surface area contributed by atoms with Crippen LogP contribution in [0.4, 0.5) is 8.78 Å². The van der Waals surface area contributed by atoms with E-state index >= 15 is 0 Å². The Kier molecular flexibility index (Phi) is 3.04. The van der Waals surface area contributed by atoms with Gasteiger partial charge in [-0.15, -0.1) is 0 Å². The SMILES string of the molecule is CNC(C)C(F)(F)CC1CCC1. The summed E-state index contributed by atoms with van der Waals surface area (Å²) >= 11 is 0. The Labute approximate surface area is 72.5 Å². The van der Waals surface area contributed by atoms with Crippen LogP contribution < -0.4 is 5.32 Å². The molecule has 12 heavy (non-hydrogen) atoms. The molecule has 1 rings (SSSR count). The Morgan fingerprint density at radius 3 is 2.42 bits per heavy atom. The second-order valence-corrected chi connectivity index (χ2v) is 3.77. The zero-order chi connectivity index (χ0) is 9.19. The van der Waals surface area contributed by atoms with Crippen molar-refractivity contribution in [2.45, 2.75) is 44.6 Å². The van der Waals surface area contributed by atoms with Crippen molar-refractivity contribution in [3.05, 3.63) is 0 Å². The molecule has 1 nitrogen and oxygen atoms in total. The number of nitrogens with one attached hydrogen (secondary N) is 1. The first-order valence-electron chi connectivity index (χ1n) is 4.61. The maximum Gasteiger partial charge on any atom is 0.263 e. The lowest BCUT2D eigenvalue weighted by Crippen LogP contribution is -2.42. The number of hydrogen-bond donors (Lipinski definition) is 1. The van der Waals surface area contributed by atoms with Gasteiger partial charge in [-0.25, -0.2) is 8.78 Å². The summed E-state index contributed by atoms with van der Waals surface area (Å²) in [6.07, 6.45) is 3.18. The molecule has 1 unspecified atom stereocenters. The molecule has 0 spiro atoms. The van der Waals surface area contributed by atoms with E-state index in [4.69, 9.17) is 0 Å². The summed E-state index contributed by atoms with van der Waals surface area (Å²) < 4.78 is 26.5. The minimum Gasteiger partial charge on any atom is -0.312 e.